The molecule has 1 amide bonds. The third-order valence-corrected chi connectivity index (χ3v) is 5.10. The molecular formula is C20H27N3O2. The number of anilines is 1. The molecule has 2 aromatic carbocycles. The molecule has 25 heavy (non-hydrogen) atoms. The summed E-state index contributed by atoms with van der Waals surface area (Å²) in [6.45, 7) is 7.61. The molecule has 3 rings (SSSR count). The first kappa shape index (κ1) is 17.5. The smallest absolute Gasteiger partial charge is 0.253 e. The standard InChI is InChI=1S/C20H25N3O2.H2/c1-20(2,17-6-4-3-5-7-17)23-14-12-22(13-15-23)19(24)16-8-10-18(21-25)11-9-16;/h3-11,21,25H,12-15H2,1-2H3;1H. The Hall–Kier alpha value is -2.37. The second-order valence-corrected chi connectivity index (χ2v) is 6.89. The maximum atomic E-state index is 12.7. The van der Waals surface area contributed by atoms with E-state index in [-0.39, 0.29) is 12.9 Å². The summed E-state index contributed by atoms with van der Waals surface area (Å²) in [5.74, 6) is 0.0432. The Morgan fingerprint density at radius 3 is 2.16 bits per heavy atom. The predicted molar refractivity (Wildman–Crippen MR) is 101 cm³/mol. The Kier molecular flexibility index (Phi) is 5.06. The molecule has 0 saturated carbocycles. The van der Waals surface area contributed by atoms with Crippen LogP contribution in [0.5, 0.6) is 0 Å². The van der Waals surface area contributed by atoms with Gasteiger partial charge in [-0.3, -0.25) is 20.4 Å². The van der Waals surface area contributed by atoms with Crippen LogP contribution < -0.4 is 5.48 Å². The number of amides is 1. The molecule has 0 aromatic heterocycles. The lowest BCUT2D eigenvalue weighted by molar-refractivity contribution is 0.0392. The number of rotatable bonds is 4. The molecule has 0 radical (unpaired) electrons. The predicted octanol–water partition coefficient (Wildman–Crippen LogP) is 3.43. The van der Waals surface area contributed by atoms with E-state index in [0.29, 0.717) is 11.3 Å². The molecule has 0 spiro atoms. The van der Waals surface area contributed by atoms with Crippen LogP contribution in [-0.4, -0.2) is 47.1 Å². The van der Waals surface area contributed by atoms with Gasteiger partial charge in [0.25, 0.3) is 5.91 Å². The van der Waals surface area contributed by atoms with E-state index in [0.717, 1.165) is 26.2 Å². The number of nitrogens with zero attached hydrogens (tertiary/aromatic N) is 2. The molecule has 1 saturated heterocycles. The molecule has 0 aliphatic carbocycles. The van der Waals surface area contributed by atoms with Crippen molar-refractivity contribution in [2.45, 2.75) is 19.4 Å². The molecule has 0 atom stereocenters. The number of carbonyl (C=O) groups excluding carboxylic acids is 1. The van der Waals surface area contributed by atoms with Gasteiger partial charge in [-0.2, -0.15) is 0 Å². The number of piperazine rings is 1. The van der Waals surface area contributed by atoms with Crippen LogP contribution in [0, 0.1) is 0 Å². The van der Waals surface area contributed by atoms with Crippen LogP contribution in [0.25, 0.3) is 0 Å². The second-order valence-electron chi connectivity index (χ2n) is 6.89. The Bertz CT molecular complexity index is 712. The summed E-state index contributed by atoms with van der Waals surface area (Å²) in [5.41, 5.74) is 4.54. The van der Waals surface area contributed by atoms with Gasteiger partial charge >= 0.3 is 0 Å². The summed E-state index contributed by atoms with van der Waals surface area (Å²) in [6, 6.07) is 17.4. The fourth-order valence-electron chi connectivity index (χ4n) is 3.37. The summed E-state index contributed by atoms with van der Waals surface area (Å²) >= 11 is 0. The highest BCUT2D eigenvalue weighted by molar-refractivity contribution is 5.94. The van der Waals surface area contributed by atoms with E-state index in [1.165, 1.54) is 5.56 Å². The maximum Gasteiger partial charge on any atom is 0.253 e. The van der Waals surface area contributed by atoms with Crippen molar-refractivity contribution < 1.29 is 11.4 Å². The molecule has 2 N–H and O–H groups in total. The molecule has 1 aliphatic rings. The minimum atomic E-state index is -0.0508. The maximum absolute atomic E-state index is 12.7. The summed E-state index contributed by atoms with van der Waals surface area (Å²) < 4.78 is 0. The van der Waals surface area contributed by atoms with Gasteiger partial charge in [-0.1, -0.05) is 30.3 Å². The Morgan fingerprint density at radius 2 is 1.60 bits per heavy atom. The van der Waals surface area contributed by atoms with Gasteiger partial charge in [0.05, 0.1) is 5.69 Å². The number of carbonyl (C=O) groups is 1. The van der Waals surface area contributed by atoms with Gasteiger partial charge in [0.1, 0.15) is 0 Å². The Labute approximate surface area is 150 Å². The second kappa shape index (κ2) is 7.25. The minimum absolute atomic E-state index is 0. The van der Waals surface area contributed by atoms with Gasteiger partial charge in [-0.15, -0.1) is 0 Å². The summed E-state index contributed by atoms with van der Waals surface area (Å²) in [4.78, 5) is 17.0. The van der Waals surface area contributed by atoms with E-state index in [9.17, 15) is 4.79 Å². The molecule has 134 valence electrons. The fraction of sp³-hybridized carbons (Fsp3) is 0.350. The number of hydrogen-bond donors (Lipinski definition) is 2. The zero-order chi connectivity index (χ0) is 17.9. The molecule has 0 bridgehead atoms. The van der Waals surface area contributed by atoms with E-state index in [1.807, 2.05) is 11.0 Å². The molecule has 1 aliphatic heterocycles. The Morgan fingerprint density at radius 1 is 1.00 bits per heavy atom. The molecule has 5 heteroatoms. The van der Waals surface area contributed by atoms with E-state index in [1.54, 1.807) is 24.3 Å². The number of benzene rings is 2. The first-order chi connectivity index (χ1) is 12.0. The molecule has 2 aromatic rings. The van der Waals surface area contributed by atoms with Crippen molar-refractivity contribution >= 4 is 11.6 Å². The van der Waals surface area contributed by atoms with Crippen LogP contribution in [0.15, 0.2) is 54.6 Å². The summed E-state index contributed by atoms with van der Waals surface area (Å²) in [6.07, 6.45) is 0. The fourth-order valence-corrected chi connectivity index (χ4v) is 3.37. The highest BCUT2D eigenvalue weighted by Crippen LogP contribution is 2.28. The van der Waals surface area contributed by atoms with Crippen molar-refractivity contribution in [2.75, 3.05) is 31.7 Å². The molecule has 0 unspecified atom stereocenters. The van der Waals surface area contributed by atoms with Gasteiger partial charge in [-0.05, 0) is 43.7 Å². The van der Waals surface area contributed by atoms with Crippen LogP contribution in [0.1, 0.15) is 31.2 Å². The van der Waals surface area contributed by atoms with Crippen molar-refractivity contribution in [1.82, 2.24) is 9.80 Å². The third kappa shape index (κ3) is 3.67. The first-order valence-electron chi connectivity index (χ1n) is 8.62. The highest BCUT2D eigenvalue weighted by atomic mass is 16.5. The van der Waals surface area contributed by atoms with Crippen LogP contribution >= 0.6 is 0 Å². The van der Waals surface area contributed by atoms with Crippen LogP contribution in [0.2, 0.25) is 0 Å². The van der Waals surface area contributed by atoms with Crippen molar-refractivity contribution in [1.29, 1.82) is 0 Å². The topological polar surface area (TPSA) is 55.8 Å². The molecular weight excluding hydrogens is 314 g/mol. The largest absolute Gasteiger partial charge is 0.336 e. The molecule has 1 heterocycles. The monoisotopic (exact) mass is 341 g/mol. The van der Waals surface area contributed by atoms with Crippen LogP contribution in [-0.2, 0) is 5.54 Å². The number of nitrogens with one attached hydrogen (secondary N) is 1. The number of hydrogen-bond acceptors (Lipinski definition) is 4. The van der Waals surface area contributed by atoms with Gasteiger partial charge in [0.15, 0.2) is 0 Å². The zero-order valence-electron chi connectivity index (χ0n) is 14.8. The van der Waals surface area contributed by atoms with Crippen molar-refractivity contribution in [3.8, 4) is 0 Å². The zero-order valence-corrected chi connectivity index (χ0v) is 14.8. The average molecular weight is 341 g/mol. The van der Waals surface area contributed by atoms with Crippen molar-refractivity contribution in [2.24, 2.45) is 0 Å². The highest BCUT2D eigenvalue weighted by Gasteiger charge is 2.32. The lowest BCUT2D eigenvalue weighted by Gasteiger charge is -2.44. The van der Waals surface area contributed by atoms with E-state index >= 15 is 0 Å². The van der Waals surface area contributed by atoms with Gasteiger partial charge in [0, 0.05) is 38.7 Å². The van der Waals surface area contributed by atoms with E-state index in [4.69, 9.17) is 5.21 Å². The third-order valence-electron chi connectivity index (χ3n) is 5.10. The summed E-state index contributed by atoms with van der Waals surface area (Å²) in [7, 11) is 0. The van der Waals surface area contributed by atoms with Crippen LogP contribution in [0.3, 0.4) is 0 Å². The summed E-state index contributed by atoms with van der Waals surface area (Å²) in [5, 5.41) is 8.86. The van der Waals surface area contributed by atoms with E-state index in [2.05, 4.69) is 48.5 Å². The first-order valence-corrected chi connectivity index (χ1v) is 8.62. The molecule has 1 fully saturated rings. The Balaban J connectivity index is 0.00000243. The lowest BCUT2D eigenvalue weighted by Crippen LogP contribution is -2.54. The quantitative estimate of drug-likeness (QED) is 0.837. The van der Waals surface area contributed by atoms with Crippen molar-refractivity contribution in [3.63, 3.8) is 0 Å². The SMILES string of the molecule is CC(C)(c1ccccc1)N1CCN(C(=O)c2ccc(NO)cc2)CC1.[HH]. The van der Waals surface area contributed by atoms with Crippen molar-refractivity contribution in [3.05, 3.63) is 65.7 Å². The lowest BCUT2D eigenvalue weighted by atomic mass is 9.91. The van der Waals surface area contributed by atoms with Gasteiger partial charge < -0.3 is 4.90 Å². The van der Waals surface area contributed by atoms with E-state index < -0.39 is 0 Å². The van der Waals surface area contributed by atoms with Crippen LogP contribution in [0.4, 0.5) is 5.69 Å². The minimum Gasteiger partial charge on any atom is -0.336 e. The molecule has 5 nitrogen and oxygen atoms in total. The normalized spacial score (nSPS) is 15.9. The average Bonchev–Trinajstić information content (AvgIpc) is 2.68. The van der Waals surface area contributed by atoms with Gasteiger partial charge in [0.2, 0.25) is 0 Å². The van der Waals surface area contributed by atoms with Gasteiger partial charge in [-0.25, -0.2) is 0 Å².